The first-order valence-corrected chi connectivity index (χ1v) is 7.74. The standard InChI is InChI=1S/C19H17N3O/c1-3-13-14-6-4-5-7-15(14)20-18(13)19-21-16-10-12(11-23)8-9-17(16)22(19)2/h4-11,20H,3H2,1-2H3. The molecule has 1 N–H and O–H groups in total. The highest BCUT2D eigenvalue weighted by molar-refractivity contribution is 5.92. The van der Waals surface area contributed by atoms with E-state index in [9.17, 15) is 4.79 Å². The fraction of sp³-hybridized carbons (Fsp3) is 0.158. The lowest BCUT2D eigenvalue weighted by atomic mass is 10.1. The molecule has 4 nitrogen and oxygen atoms in total. The second-order valence-electron chi connectivity index (χ2n) is 5.74. The number of carbonyl (C=O) groups excluding carboxylic acids is 1. The summed E-state index contributed by atoms with van der Waals surface area (Å²) in [6.45, 7) is 2.16. The van der Waals surface area contributed by atoms with Gasteiger partial charge in [0.05, 0.1) is 16.7 Å². The van der Waals surface area contributed by atoms with E-state index in [4.69, 9.17) is 4.98 Å². The fourth-order valence-corrected chi connectivity index (χ4v) is 3.27. The predicted molar refractivity (Wildman–Crippen MR) is 92.8 cm³/mol. The van der Waals surface area contributed by atoms with E-state index in [1.54, 1.807) is 0 Å². The second-order valence-corrected chi connectivity index (χ2v) is 5.74. The smallest absolute Gasteiger partial charge is 0.157 e. The Labute approximate surface area is 133 Å². The number of imidazole rings is 1. The van der Waals surface area contributed by atoms with Gasteiger partial charge >= 0.3 is 0 Å². The summed E-state index contributed by atoms with van der Waals surface area (Å²) in [5.41, 5.74) is 5.96. The Kier molecular flexibility index (Phi) is 3.05. The number of aryl methyl sites for hydroxylation is 2. The first-order valence-electron chi connectivity index (χ1n) is 7.74. The van der Waals surface area contributed by atoms with Crippen LogP contribution in [0, 0.1) is 0 Å². The molecule has 0 aliphatic carbocycles. The Hall–Kier alpha value is -2.88. The van der Waals surface area contributed by atoms with Crippen LogP contribution in [0.1, 0.15) is 22.8 Å². The lowest BCUT2D eigenvalue weighted by molar-refractivity contribution is 0.112. The van der Waals surface area contributed by atoms with E-state index in [1.807, 2.05) is 31.3 Å². The number of aromatic amines is 1. The molecule has 2 aromatic heterocycles. The van der Waals surface area contributed by atoms with Crippen molar-refractivity contribution in [2.75, 3.05) is 0 Å². The minimum absolute atomic E-state index is 0.648. The molecule has 0 aliphatic rings. The Morgan fingerprint density at radius 3 is 2.83 bits per heavy atom. The first-order chi connectivity index (χ1) is 11.2. The van der Waals surface area contributed by atoms with Crippen LogP contribution in [0.15, 0.2) is 42.5 Å². The fourth-order valence-electron chi connectivity index (χ4n) is 3.27. The van der Waals surface area contributed by atoms with Gasteiger partial charge in [-0.05, 0) is 36.2 Å². The Balaban J connectivity index is 2.02. The third kappa shape index (κ3) is 1.99. The van der Waals surface area contributed by atoms with Crippen molar-refractivity contribution in [3.05, 3.63) is 53.6 Å². The molecule has 4 heteroatoms. The van der Waals surface area contributed by atoms with Crippen LogP contribution < -0.4 is 0 Å². The van der Waals surface area contributed by atoms with Gasteiger partial charge in [-0.25, -0.2) is 4.98 Å². The summed E-state index contributed by atoms with van der Waals surface area (Å²) in [6.07, 6.45) is 1.79. The van der Waals surface area contributed by atoms with E-state index in [0.717, 1.165) is 40.8 Å². The number of hydrogen-bond donors (Lipinski definition) is 1. The largest absolute Gasteiger partial charge is 0.352 e. The molecule has 2 aromatic carbocycles. The number of fused-ring (bicyclic) bond motifs is 2. The van der Waals surface area contributed by atoms with Crippen LogP contribution in [0.4, 0.5) is 0 Å². The summed E-state index contributed by atoms with van der Waals surface area (Å²) < 4.78 is 2.08. The highest BCUT2D eigenvalue weighted by Gasteiger charge is 2.17. The molecule has 0 radical (unpaired) electrons. The van der Waals surface area contributed by atoms with E-state index in [0.29, 0.717) is 5.56 Å². The minimum atomic E-state index is 0.648. The second kappa shape index (κ2) is 5.09. The summed E-state index contributed by atoms with van der Waals surface area (Å²) in [5.74, 6) is 0.899. The van der Waals surface area contributed by atoms with Crippen LogP contribution in [0.2, 0.25) is 0 Å². The molecule has 0 atom stereocenters. The van der Waals surface area contributed by atoms with Gasteiger partial charge in [0.1, 0.15) is 6.29 Å². The number of carbonyl (C=O) groups is 1. The first kappa shape index (κ1) is 13.8. The molecule has 0 bridgehead atoms. The van der Waals surface area contributed by atoms with Crippen molar-refractivity contribution in [1.29, 1.82) is 0 Å². The molecule has 114 valence electrons. The van der Waals surface area contributed by atoms with E-state index in [1.165, 1.54) is 10.9 Å². The summed E-state index contributed by atoms with van der Waals surface area (Å²) >= 11 is 0. The number of aldehydes is 1. The third-order valence-corrected chi connectivity index (χ3v) is 4.43. The van der Waals surface area contributed by atoms with E-state index in [2.05, 4.69) is 34.7 Å². The molecule has 0 unspecified atom stereocenters. The van der Waals surface area contributed by atoms with Crippen molar-refractivity contribution >= 4 is 28.2 Å². The average Bonchev–Trinajstić information content (AvgIpc) is 3.11. The summed E-state index contributed by atoms with van der Waals surface area (Å²) in [7, 11) is 2.01. The highest BCUT2D eigenvalue weighted by Crippen LogP contribution is 2.31. The van der Waals surface area contributed by atoms with Gasteiger partial charge in [0, 0.05) is 23.5 Å². The number of rotatable bonds is 3. The highest BCUT2D eigenvalue weighted by atomic mass is 16.1. The molecule has 4 rings (SSSR count). The molecule has 0 fully saturated rings. The molecule has 0 saturated heterocycles. The number of aromatic nitrogens is 3. The maximum Gasteiger partial charge on any atom is 0.157 e. The molecule has 2 heterocycles. The molecule has 0 saturated carbocycles. The van der Waals surface area contributed by atoms with E-state index >= 15 is 0 Å². The SMILES string of the molecule is CCc1c(-c2nc3cc(C=O)ccc3n2C)[nH]c2ccccc12. The molecular formula is C19H17N3O. The molecular weight excluding hydrogens is 286 g/mol. The monoisotopic (exact) mass is 303 g/mol. The summed E-state index contributed by atoms with van der Waals surface area (Å²) in [5, 5.41) is 1.24. The van der Waals surface area contributed by atoms with Gasteiger partial charge < -0.3 is 9.55 Å². The third-order valence-electron chi connectivity index (χ3n) is 4.43. The van der Waals surface area contributed by atoms with Gasteiger partial charge in [-0.15, -0.1) is 0 Å². The maximum atomic E-state index is 11.0. The van der Waals surface area contributed by atoms with Gasteiger partial charge in [-0.3, -0.25) is 4.79 Å². The quantitative estimate of drug-likeness (QED) is 0.579. The Morgan fingerprint density at radius 2 is 2.04 bits per heavy atom. The molecule has 0 aliphatic heterocycles. The zero-order valence-electron chi connectivity index (χ0n) is 13.1. The van der Waals surface area contributed by atoms with Gasteiger partial charge in [-0.2, -0.15) is 0 Å². The number of benzene rings is 2. The van der Waals surface area contributed by atoms with Crippen LogP contribution in [-0.2, 0) is 13.5 Å². The van der Waals surface area contributed by atoms with Gasteiger partial charge in [0.2, 0.25) is 0 Å². The number of H-pyrrole nitrogens is 1. The molecule has 0 spiro atoms. The van der Waals surface area contributed by atoms with Crippen LogP contribution in [0.25, 0.3) is 33.5 Å². The van der Waals surface area contributed by atoms with Gasteiger partial charge in [0.15, 0.2) is 5.82 Å². The van der Waals surface area contributed by atoms with Gasteiger partial charge in [-0.1, -0.05) is 25.1 Å². The van der Waals surface area contributed by atoms with Crippen molar-refractivity contribution in [2.45, 2.75) is 13.3 Å². The van der Waals surface area contributed by atoms with Crippen LogP contribution in [0.5, 0.6) is 0 Å². The molecule has 0 amide bonds. The van der Waals surface area contributed by atoms with Crippen molar-refractivity contribution in [3.63, 3.8) is 0 Å². The Bertz CT molecular complexity index is 1040. The Morgan fingerprint density at radius 1 is 1.22 bits per heavy atom. The molecule has 23 heavy (non-hydrogen) atoms. The number of nitrogens with one attached hydrogen (secondary N) is 1. The molecule has 4 aromatic rings. The van der Waals surface area contributed by atoms with Crippen molar-refractivity contribution in [2.24, 2.45) is 7.05 Å². The maximum absolute atomic E-state index is 11.0. The lowest BCUT2D eigenvalue weighted by Gasteiger charge is -2.03. The predicted octanol–water partition coefficient (Wildman–Crippen LogP) is 4.10. The van der Waals surface area contributed by atoms with Crippen molar-refractivity contribution in [3.8, 4) is 11.5 Å². The van der Waals surface area contributed by atoms with Crippen molar-refractivity contribution in [1.82, 2.24) is 14.5 Å². The normalized spacial score (nSPS) is 11.4. The zero-order chi connectivity index (χ0) is 16.0. The number of nitrogens with zero attached hydrogens (tertiary/aromatic N) is 2. The van der Waals surface area contributed by atoms with E-state index < -0.39 is 0 Å². The summed E-state index contributed by atoms with van der Waals surface area (Å²) in [4.78, 5) is 19.3. The van der Waals surface area contributed by atoms with Crippen LogP contribution in [-0.4, -0.2) is 20.8 Å². The van der Waals surface area contributed by atoms with Crippen LogP contribution >= 0.6 is 0 Å². The lowest BCUT2D eigenvalue weighted by Crippen LogP contribution is -1.95. The van der Waals surface area contributed by atoms with Crippen LogP contribution in [0.3, 0.4) is 0 Å². The van der Waals surface area contributed by atoms with Crippen molar-refractivity contribution < 1.29 is 4.79 Å². The number of hydrogen-bond acceptors (Lipinski definition) is 2. The topological polar surface area (TPSA) is 50.7 Å². The van der Waals surface area contributed by atoms with Gasteiger partial charge in [0.25, 0.3) is 0 Å². The number of para-hydroxylation sites is 1. The summed E-state index contributed by atoms with van der Waals surface area (Å²) in [6, 6.07) is 13.9. The van der Waals surface area contributed by atoms with E-state index in [-0.39, 0.29) is 0 Å². The minimum Gasteiger partial charge on any atom is -0.352 e. The zero-order valence-corrected chi connectivity index (χ0v) is 13.1. The average molecular weight is 303 g/mol.